The van der Waals surface area contributed by atoms with Crippen molar-refractivity contribution in [2.75, 3.05) is 27.3 Å². The molecule has 2 saturated carbocycles. The van der Waals surface area contributed by atoms with Crippen molar-refractivity contribution in [2.45, 2.75) is 95.4 Å². The molecule has 0 spiro atoms. The molecule has 5 heterocycles. The molecule has 1 unspecified atom stereocenters. The van der Waals surface area contributed by atoms with Gasteiger partial charge in [-0.05, 0) is 92.0 Å². The van der Waals surface area contributed by atoms with Crippen LogP contribution in [0.5, 0.6) is 17.2 Å². The van der Waals surface area contributed by atoms with Crippen LogP contribution in [0.25, 0.3) is 21.9 Å². The topological polar surface area (TPSA) is 132 Å². The predicted molar refractivity (Wildman–Crippen MR) is 229 cm³/mol. The molecule has 4 fully saturated rings. The van der Waals surface area contributed by atoms with E-state index in [9.17, 15) is 19.2 Å². The summed E-state index contributed by atoms with van der Waals surface area (Å²) < 4.78 is 19.4. The van der Waals surface area contributed by atoms with Crippen LogP contribution < -0.4 is 43.9 Å². The molecule has 2 aromatic heterocycles. The summed E-state index contributed by atoms with van der Waals surface area (Å²) in [6.45, 7) is 15.5. The number of piperidine rings is 2. The van der Waals surface area contributed by atoms with E-state index in [0.29, 0.717) is 41.5 Å². The van der Waals surface area contributed by atoms with E-state index >= 15 is 0 Å². The number of nitrogens with zero attached hydrogens (tertiary/aromatic N) is 4. The number of fused-ring (bicyclic) bond motifs is 2. The summed E-state index contributed by atoms with van der Waals surface area (Å²) in [5.74, 6) is 2.50. The molecular weight excluding hydrogens is 765 g/mol. The number of hydrogen-bond acceptors (Lipinski definition) is 9. The fourth-order valence-corrected chi connectivity index (χ4v) is 9.19. The number of methoxy groups -OCH3 is 2. The molecule has 4 aromatic rings. The second-order valence-corrected chi connectivity index (χ2v) is 17.3. The number of benzene rings is 2. The van der Waals surface area contributed by atoms with Gasteiger partial charge in [0.15, 0.2) is 0 Å². The summed E-state index contributed by atoms with van der Waals surface area (Å²) in [5, 5.41) is 3.89. The fraction of sp³-hybridized carbons (Fsp3) is 0.458. The molecule has 2 saturated heterocycles. The Morgan fingerprint density at radius 3 is 2.20 bits per heavy atom. The zero-order valence-corrected chi connectivity index (χ0v) is 36.1. The number of carbonyl (C=O) groups excluding carboxylic acids is 3. The Morgan fingerprint density at radius 1 is 0.885 bits per heavy atom. The van der Waals surface area contributed by atoms with Crippen LogP contribution in [0.15, 0.2) is 53.6 Å². The SMILES string of the molecule is [CH2-]C1CCN(Cc2c(OC)cc(-c3cn(C)c(=O)c4cnc(C5CC5)cc34)cc2OC)CC1.[CH2-]CC1(C[CH2-])CC(Oc2ccc3c(c2)C(=O)N(C2CCC(=O)NC2=O)C3)C1.[Li+]. The number of nitrogens with one attached hydrogen (secondary N) is 1. The number of aromatic nitrogens is 2. The number of imide groups is 1. The van der Waals surface area contributed by atoms with Gasteiger partial charge in [0, 0.05) is 61.7 Å². The molecule has 318 valence electrons. The third-order valence-corrected chi connectivity index (χ3v) is 13.3. The van der Waals surface area contributed by atoms with Crippen molar-refractivity contribution in [3.05, 3.63) is 102 Å². The van der Waals surface area contributed by atoms with Gasteiger partial charge in [0.1, 0.15) is 23.3 Å². The van der Waals surface area contributed by atoms with E-state index in [1.807, 2.05) is 18.3 Å². The van der Waals surface area contributed by atoms with Crippen molar-refractivity contribution < 1.29 is 47.5 Å². The van der Waals surface area contributed by atoms with Crippen LogP contribution in [0.4, 0.5) is 0 Å². The van der Waals surface area contributed by atoms with Gasteiger partial charge in [-0.3, -0.25) is 34.4 Å². The van der Waals surface area contributed by atoms with Crippen LogP contribution in [0.1, 0.15) is 97.3 Å². The molecule has 5 aliphatic rings. The number of hydrogen-bond donors (Lipinski definition) is 1. The Balaban J connectivity index is 0.000000185. The predicted octanol–water partition coefficient (Wildman–Crippen LogP) is 3.97. The van der Waals surface area contributed by atoms with Gasteiger partial charge in [-0.25, -0.2) is 0 Å². The molecule has 0 bridgehead atoms. The van der Waals surface area contributed by atoms with E-state index in [0.717, 1.165) is 103 Å². The van der Waals surface area contributed by atoms with Gasteiger partial charge < -0.3 is 44.4 Å². The van der Waals surface area contributed by atoms with Gasteiger partial charge in [-0.2, -0.15) is 18.8 Å². The summed E-state index contributed by atoms with van der Waals surface area (Å²) >= 11 is 0. The van der Waals surface area contributed by atoms with E-state index in [-0.39, 0.29) is 54.2 Å². The first kappa shape index (κ1) is 44.4. The largest absolute Gasteiger partial charge is 1.00 e. The molecule has 1 N–H and O–H groups in total. The van der Waals surface area contributed by atoms with Crippen LogP contribution in [0.2, 0.25) is 0 Å². The molecule has 2 aromatic carbocycles. The van der Waals surface area contributed by atoms with Crippen molar-refractivity contribution >= 4 is 28.5 Å². The quantitative estimate of drug-likeness (QED) is 0.136. The Bertz CT molecular complexity index is 2330. The van der Waals surface area contributed by atoms with Gasteiger partial charge >= 0.3 is 18.9 Å². The summed E-state index contributed by atoms with van der Waals surface area (Å²) in [7, 11) is 5.20. The van der Waals surface area contributed by atoms with E-state index in [4.69, 9.17) is 14.2 Å². The van der Waals surface area contributed by atoms with Gasteiger partial charge in [-0.15, -0.1) is 0 Å². The van der Waals surface area contributed by atoms with Gasteiger partial charge in [0.2, 0.25) is 11.8 Å². The number of pyridine rings is 2. The van der Waals surface area contributed by atoms with E-state index in [2.05, 4.69) is 54.2 Å². The van der Waals surface area contributed by atoms with Crippen LogP contribution in [0.3, 0.4) is 0 Å². The summed E-state index contributed by atoms with van der Waals surface area (Å²) in [4.78, 5) is 57.7. The van der Waals surface area contributed by atoms with Gasteiger partial charge in [0.25, 0.3) is 11.5 Å². The maximum Gasteiger partial charge on any atom is 1.00 e. The maximum atomic E-state index is 12.8. The Morgan fingerprint density at radius 2 is 1.57 bits per heavy atom. The molecule has 2 aliphatic carbocycles. The summed E-state index contributed by atoms with van der Waals surface area (Å²) in [6.07, 6.45) is 12.6. The molecule has 13 heteroatoms. The van der Waals surface area contributed by atoms with Crippen molar-refractivity contribution in [3.8, 4) is 28.4 Å². The molecule has 1 atom stereocenters. The van der Waals surface area contributed by atoms with Crippen molar-refractivity contribution in [2.24, 2.45) is 18.4 Å². The van der Waals surface area contributed by atoms with Crippen molar-refractivity contribution in [3.63, 3.8) is 0 Å². The average Bonchev–Trinajstić information content (AvgIpc) is 4.05. The molecule has 12 nitrogen and oxygen atoms in total. The first-order chi connectivity index (χ1) is 28.9. The van der Waals surface area contributed by atoms with E-state index in [1.54, 1.807) is 43.0 Å². The van der Waals surface area contributed by atoms with Crippen LogP contribution >= 0.6 is 0 Å². The fourth-order valence-electron chi connectivity index (χ4n) is 9.19. The number of aryl methyl sites for hydroxylation is 1. The third-order valence-electron chi connectivity index (χ3n) is 13.3. The zero-order valence-electron chi connectivity index (χ0n) is 36.1. The smallest absolute Gasteiger partial charge is 0.496 e. The monoisotopic (exact) mass is 821 g/mol. The first-order valence-electron chi connectivity index (χ1n) is 21.3. The van der Waals surface area contributed by atoms with Gasteiger partial charge in [0.05, 0.1) is 31.3 Å². The Labute approximate surface area is 370 Å². The number of carbonyl (C=O) groups is 3. The Kier molecular flexibility index (Phi) is 13.4. The minimum Gasteiger partial charge on any atom is -0.496 e. The zero-order chi connectivity index (χ0) is 42.3. The van der Waals surface area contributed by atoms with Crippen molar-refractivity contribution in [1.82, 2.24) is 24.7 Å². The van der Waals surface area contributed by atoms with Crippen molar-refractivity contribution in [1.29, 1.82) is 0 Å². The molecule has 9 rings (SSSR count). The molecule has 61 heavy (non-hydrogen) atoms. The minimum absolute atomic E-state index is 0. The van der Waals surface area contributed by atoms with Crippen LogP contribution in [-0.4, -0.2) is 76.5 Å². The van der Waals surface area contributed by atoms with E-state index < -0.39 is 11.9 Å². The average molecular weight is 822 g/mol. The van der Waals surface area contributed by atoms with Crippen LogP contribution in [0, 0.1) is 32.1 Å². The molecular formula is C48H56LiN5O7-2. The molecule has 3 aliphatic heterocycles. The minimum atomic E-state index is -0.590. The standard InChI is InChI=1S/C27H32N3O3.C21H24N2O4.Li/c1-17-7-9-30(10-8-17)16-23-25(32-3)11-19(12-26(23)33-4)22-15-29(2)27(31)21-14-28-24(13-20(21)22)18-5-6-18;1-3-21(4-2)10-15(11-21)27-14-6-5-13-12-23(20(26)16(13)9-14)17-7-8-18(24)22-19(17)25;/h11-15,17-18H,1,5-10,16H2,2-4H3;5-6,9,15,17H,1-4,7-8,10-12H2,(H,22,24,25);/q-1;-2;+1. The second-order valence-electron chi connectivity index (χ2n) is 17.3. The Hall–Kier alpha value is -4.63. The number of rotatable bonds is 11. The molecule has 0 radical (unpaired) electrons. The maximum absolute atomic E-state index is 12.8. The van der Waals surface area contributed by atoms with Crippen LogP contribution in [-0.2, 0) is 29.7 Å². The third kappa shape index (κ3) is 9.14. The van der Waals surface area contributed by atoms with E-state index in [1.165, 1.54) is 12.8 Å². The van der Waals surface area contributed by atoms with Gasteiger partial charge in [-0.1, -0.05) is 24.3 Å². The summed E-state index contributed by atoms with van der Waals surface area (Å²) in [5.41, 5.74) is 5.71. The first-order valence-corrected chi connectivity index (χ1v) is 21.3. The number of ether oxygens (including phenoxy) is 3. The molecule has 3 amide bonds. The number of amides is 3. The number of likely N-dealkylation sites (tertiary alicyclic amines) is 1. The summed E-state index contributed by atoms with van der Waals surface area (Å²) in [6, 6.07) is 11.2. The normalized spacial score (nSPS) is 20.3. The second kappa shape index (κ2) is 18.4.